The molecule has 4 heteroatoms. The summed E-state index contributed by atoms with van der Waals surface area (Å²) in [5, 5.41) is 11.8. The Morgan fingerprint density at radius 1 is 1.33 bits per heavy atom. The first-order valence-electron chi connectivity index (χ1n) is 6.93. The third-order valence-corrected chi connectivity index (χ3v) is 5.20. The predicted molar refractivity (Wildman–Crippen MR) is 91.7 cm³/mol. The molecular formula is C17H21NOS2. The van der Waals surface area contributed by atoms with E-state index < -0.39 is 5.60 Å². The summed E-state index contributed by atoms with van der Waals surface area (Å²) in [6.45, 7) is 6.54. The molecule has 1 unspecified atom stereocenters. The van der Waals surface area contributed by atoms with Crippen LogP contribution in [-0.2, 0) is 6.54 Å². The van der Waals surface area contributed by atoms with Crippen molar-refractivity contribution in [1.29, 1.82) is 0 Å². The molecule has 0 aliphatic carbocycles. The molecule has 0 aromatic carbocycles. The summed E-state index contributed by atoms with van der Waals surface area (Å²) in [5.41, 5.74) is -0.936. The minimum Gasteiger partial charge on any atom is -0.378 e. The van der Waals surface area contributed by atoms with E-state index in [2.05, 4.69) is 54.3 Å². The van der Waals surface area contributed by atoms with E-state index >= 15 is 0 Å². The Kier molecular flexibility index (Phi) is 5.23. The molecule has 2 nitrogen and oxygen atoms in total. The van der Waals surface area contributed by atoms with Gasteiger partial charge in [-0.25, -0.2) is 0 Å². The van der Waals surface area contributed by atoms with Gasteiger partial charge in [-0.3, -0.25) is 4.90 Å². The summed E-state index contributed by atoms with van der Waals surface area (Å²) < 4.78 is 0. The van der Waals surface area contributed by atoms with Crippen molar-refractivity contribution >= 4 is 22.7 Å². The molecule has 0 aliphatic heterocycles. The van der Waals surface area contributed by atoms with Gasteiger partial charge in [0.05, 0.1) is 4.88 Å². The number of aliphatic hydroxyl groups is 1. The first-order chi connectivity index (χ1) is 9.85. The van der Waals surface area contributed by atoms with Gasteiger partial charge in [-0.2, -0.15) is 0 Å². The lowest BCUT2D eigenvalue weighted by molar-refractivity contribution is 0.143. The van der Waals surface area contributed by atoms with E-state index in [1.807, 2.05) is 6.07 Å². The van der Waals surface area contributed by atoms with Crippen molar-refractivity contribution in [2.24, 2.45) is 0 Å². The Bertz CT molecular complexity index is 626. The molecule has 2 aromatic rings. The van der Waals surface area contributed by atoms with Crippen LogP contribution in [0.25, 0.3) is 0 Å². The monoisotopic (exact) mass is 319 g/mol. The van der Waals surface area contributed by atoms with Crippen LogP contribution in [0.4, 0.5) is 0 Å². The van der Waals surface area contributed by atoms with Crippen LogP contribution < -0.4 is 0 Å². The zero-order valence-electron chi connectivity index (χ0n) is 12.9. The molecule has 0 radical (unpaired) electrons. The van der Waals surface area contributed by atoms with E-state index in [4.69, 9.17) is 0 Å². The maximum Gasteiger partial charge on any atom is 0.120 e. The van der Waals surface area contributed by atoms with E-state index in [-0.39, 0.29) is 0 Å². The van der Waals surface area contributed by atoms with Crippen molar-refractivity contribution in [3.05, 3.63) is 44.3 Å². The molecule has 0 aliphatic rings. The van der Waals surface area contributed by atoms with Crippen molar-refractivity contribution in [3.63, 3.8) is 0 Å². The second kappa shape index (κ2) is 6.76. The number of nitrogens with zero attached hydrogens (tertiary/aromatic N) is 1. The third kappa shape index (κ3) is 4.98. The maximum atomic E-state index is 9.63. The smallest absolute Gasteiger partial charge is 0.120 e. The van der Waals surface area contributed by atoms with Crippen molar-refractivity contribution in [2.75, 3.05) is 7.05 Å². The van der Waals surface area contributed by atoms with Crippen LogP contribution in [0.1, 0.15) is 41.4 Å². The van der Waals surface area contributed by atoms with Crippen LogP contribution in [0.3, 0.4) is 0 Å². The van der Waals surface area contributed by atoms with Gasteiger partial charge in [-0.05, 0) is 51.4 Å². The quantitative estimate of drug-likeness (QED) is 0.857. The molecule has 0 saturated heterocycles. The van der Waals surface area contributed by atoms with Gasteiger partial charge in [0.1, 0.15) is 5.60 Å². The molecule has 1 N–H and O–H groups in total. The molecular weight excluding hydrogens is 298 g/mol. The Morgan fingerprint density at radius 3 is 2.71 bits per heavy atom. The average molecular weight is 319 g/mol. The van der Waals surface area contributed by atoms with Gasteiger partial charge in [-0.15, -0.1) is 22.7 Å². The van der Waals surface area contributed by atoms with Gasteiger partial charge < -0.3 is 5.11 Å². The molecule has 2 heterocycles. The molecule has 0 amide bonds. The van der Waals surface area contributed by atoms with Gasteiger partial charge in [-0.1, -0.05) is 17.9 Å². The summed E-state index contributed by atoms with van der Waals surface area (Å²) in [5.74, 6) is 5.89. The van der Waals surface area contributed by atoms with Crippen LogP contribution in [0.15, 0.2) is 29.6 Å². The second-order valence-electron chi connectivity index (χ2n) is 5.68. The molecule has 0 fully saturated rings. The Morgan fingerprint density at radius 2 is 2.10 bits per heavy atom. The molecule has 2 aromatic heterocycles. The number of thiophene rings is 2. The summed E-state index contributed by atoms with van der Waals surface area (Å²) in [7, 11) is 2.15. The van der Waals surface area contributed by atoms with Crippen molar-refractivity contribution in [2.45, 2.75) is 39.0 Å². The third-order valence-electron chi connectivity index (χ3n) is 3.17. The number of hydrogen-bond acceptors (Lipinski definition) is 4. The molecule has 2 rings (SSSR count). The van der Waals surface area contributed by atoms with Gasteiger partial charge >= 0.3 is 0 Å². The zero-order valence-corrected chi connectivity index (χ0v) is 14.5. The fourth-order valence-electron chi connectivity index (χ4n) is 1.87. The van der Waals surface area contributed by atoms with E-state index in [0.29, 0.717) is 6.04 Å². The lowest BCUT2D eigenvalue weighted by Crippen LogP contribution is -2.20. The molecule has 0 spiro atoms. The van der Waals surface area contributed by atoms with Crippen LogP contribution >= 0.6 is 22.7 Å². The Hall–Kier alpha value is -1.12. The van der Waals surface area contributed by atoms with Crippen molar-refractivity contribution in [3.8, 4) is 11.8 Å². The predicted octanol–water partition coefficient (Wildman–Crippen LogP) is 4.13. The maximum absolute atomic E-state index is 9.63. The van der Waals surface area contributed by atoms with E-state index in [9.17, 15) is 5.11 Å². The highest BCUT2D eigenvalue weighted by Gasteiger charge is 2.13. The lowest BCUT2D eigenvalue weighted by atomic mass is 10.1. The average Bonchev–Trinajstić information content (AvgIpc) is 3.06. The van der Waals surface area contributed by atoms with Crippen LogP contribution in [-0.4, -0.2) is 22.7 Å². The second-order valence-corrected chi connectivity index (χ2v) is 7.83. The zero-order chi connectivity index (χ0) is 15.5. The van der Waals surface area contributed by atoms with Gasteiger partial charge in [0.25, 0.3) is 0 Å². The molecule has 112 valence electrons. The Labute approximate surface area is 135 Å². The van der Waals surface area contributed by atoms with E-state index in [0.717, 1.165) is 11.4 Å². The summed E-state index contributed by atoms with van der Waals surface area (Å²) in [6.07, 6.45) is 0. The molecule has 1 atom stereocenters. The van der Waals surface area contributed by atoms with E-state index in [1.54, 1.807) is 36.5 Å². The summed E-state index contributed by atoms with van der Waals surface area (Å²) in [4.78, 5) is 6.02. The van der Waals surface area contributed by atoms with Crippen LogP contribution in [0, 0.1) is 11.8 Å². The molecule has 21 heavy (non-hydrogen) atoms. The lowest BCUT2D eigenvalue weighted by Gasteiger charge is -2.22. The first-order valence-corrected chi connectivity index (χ1v) is 8.63. The fourth-order valence-corrected chi connectivity index (χ4v) is 3.65. The largest absolute Gasteiger partial charge is 0.378 e. The summed E-state index contributed by atoms with van der Waals surface area (Å²) >= 11 is 3.49. The van der Waals surface area contributed by atoms with Crippen LogP contribution in [0.5, 0.6) is 0 Å². The first kappa shape index (κ1) is 16.3. The minimum atomic E-state index is -0.936. The highest BCUT2D eigenvalue weighted by Crippen LogP contribution is 2.26. The summed E-state index contributed by atoms with van der Waals surface area (Å²) in [6, 6.07) is 8.84. The van der Waals surface area contributed by atoms with Crippen molar-refractivity contribution < 1.29 is 5.11 Å². The fraction of sp³-hybridized carbons (Fsp3) is 0.412. The highest BCUT2D eigenvalue weighted by atomic mass is 32.1. The molecule has 0 saturated carbocycles. The van der Waals surface area contributed by atoms with Crippen LogP contribution in [0.2, 0.25) is 0 Å². The van der Waals surface area contributed by atoms with Gasteiger partial charge in [0.15, 0.2) is 0 Å². The number of rotatable bonds is 4. The highest BCUT2D eigenvalue weighted by molar-refractivity contribution is 7.12. The normalized spacial score (nSPS) is 13.0. The SMILES string of the molecule is CC(c1cccs1)N(C)Cc1ccc(C#CC(C)(C)O)s1. The minimum absolute atomic E-state index is 0.415. The van der Waals surface area contributed by atoms with Crippen molar-refractivity contribution in [1.82, 2.24) is 4.90 Å². The number of hydrogen-bond donors (Lipinski definition) is 1. The Balaban J connectivity index is 2.00. The molecule has 0 bridgehead atoms. The topological polar surface area (TPSA) is 23.5 Å². The van der Waals surface area contributed by atoms with Gasteiger partial charge in [0, 0.05) is 22.3 Å². The van der Waals surface area contributed by atoms with Gasteiger partial charge in [0.2, 0.25) is 0 Å². The standard InChI is InChI=1S/C17H21NOS2/c1-13(16-6-5-11-20-16)18(4)12-15-8-7-14(21-15)9-10-17(2,3)19/h5-8,11,13,19H,12H2,1-4H3. The van der Waals surface area contributed by atoms with E-state index in [1.165, 1.54) is 9.75 Å².